The van der Waals surface area contributed by atoms with Gasteiger partial charge in [-0.1, -0.05) is 0 Å². The molecule has 0 spiro atoms. The first-order valence-electron chi connectivity index (χ1n) is 5.37. The molecule has 0 N–H and O–H groups in total. The van der Waals surface area contributed by atoms with Crippen LogP contribution in [0.5, 0.6) is 5.88 Å². The van der Waals surface area contributed by atoms with Crippen LogP contribution in [0.25, 0.3) is 0 Å². The quantitative estimate of drug-likeness (QED) is 0.867. The van der Waals surface area contributed by atoms with Gasteiger partial charge in [0, 0.05) is 26.0 Å². The maximum atomic E-state index is 5.15. The summed E-state index contributed by atoms with van der Waals surface area (Å²) >= 11 is 3.33. The van der Waals surface area contributed by atoms with Crippen molar-refractivity contribution in [3.05, 3.63) is 40.8 Å². The van der Waals surface area contributed by atoms with Gasteiger partial charge in [0.25, 0.3) is 0 Å². The van der Waals surface area contributed by atoms with Crippen LogP contribution in [0.15, 0.2) is 35.2 Å². The second-order valence-corrected chi connectivity index (χ2v) is 4.59. The summed E-state index contributed by atoms with van der Waals surface area (Å²) in [5.74, 6) is 1.15. The predicted molar refractivity (Wildman–Crippen MR) is 72.6 cm³/mol. The standard InChI is InChI=1S/C12H13BrN4O/c1-17(8-9-3-5-14-6-4-9)12-15-7-10(13)11(16-12)18-2/h3-7H,8H2,1-2H3. The lowest BCUT2D eigenvalue weighted by atomic mass is 10.2. The van der Waals surface area contributed by atoms with Gasteiger partial charge in [0.2, 0.25) is 11.8 Å². The van der Waals surface area contributed by atoms with E-state index in [4.69, 9.17) is 4.74 Å². The molecular formula is C12H13BrN4O. The number of methoxy groups -OCH3 is 1. The normalized spacial score (nSPS) is 10.2. The summed E-state index contributed by atoms with van der Waals surface area (Å²) in [6.07, 6.45) is 5.22. The van der Waals surface area contributed by atoms with Crippen molar-refractivity contribution in [1.82, 2.24) is 15.0 Å². The Balaban J connectivity index is 2.16. The SMILES string of the molecule is COc1nc(N(C)Cc2ccncc2)ncc1Br. The molecule has 6 heteroatoms. The molecule has 0 saturated carbocycles. The fourth-order valence-electron chi connectivity index (χ4n) is 1.50. The Labute approximate surface area is 114 Å². The summed E-state index contributed by atoms with van der Waals surface area (Å²) < 4.78 is 5.89. The van der Waals surface area contributed by atoms with E-state index in [9.17, 15) is 0 Å². The molecule has 94 valence electrons. The van der Waals surface area contributed by atoms with E-state index in [0.29, 0.717) is 18.4 Å². The molecule has 18 heavy (non-hydrogen) atoms. The lowest BCUT2D eigenvalue weighted by Gasteiger charge is -2.17. The van der Waals surface area contributed by atoms with Crippen molar-refractivity contribution in [3.63, 3.8) is 0 Å². The second kappa shape index (κ2) is 5.77. The fourth-order valence-corrected chi connectivity index (χ4v) is 1.86. The van der Waals surface area contributed by atoms with Gasteiger partial charge in [-0.05, 0) is 33.6 Å². The molecule has 0 aliphatic rings. The van der Waals surface area contributed by atoms with Crippen LogP contribution < -0.4 is 9.64 Å². The number of rotatable bonds is 4. The Morgan fingerprint density at radius 1 is 1.33 bits per heavy atom. The van der Waals surface area contributed by atoms with E-state index in [0.717, 1.165) is 10.0 Å². The third-order valence-electron chi connectivity index (χ3n) is 2.40. The topological polar surface area (TPSA) is 51.1 Å². The van der Waals surface area contributed by atoms with Gasteiger partial charge in [-0.2, -0.15) is 4.98 Å². The minimum Gasteiger partial charge on any atom is -0.480 e. The molecule has 2 rings (SSSR count). The smallest absolute Gasteiger partial charge is 0.232 e. The number of hydrogen-bond donors (Lipinski definition) is 0. The predicted octanol–water partition coefficient (Wildman–Crippen LogP) is 2.28. The van der Waals surface area contributed by atoms with Crippen LogP contribution in [-0.4, -0.2) is 29.1 Å². The number of aromatic nitrogens is 3. The highest BCUT2D eigenvalue weighted by Crippen LogP contribution is 2.23. The molecule has 2 heterocycles. The van der Waals surface area contributed by atoms with Crippen LogP contribution >= 0.6 is 15.9 Å². The zero-order valence-corrected chi connectivity index (χ0v) is 11.8. The van der Waals surface area contributed by atoms with Crippen molar-refractivity contribution in [2.75, 3.05) is 19.1 Å². The minimum atomic E-state index is 0.529. The summed E-state index contributed by atoms with van der Waals surface area (Å²) in [4.78, 5) is 14.5. The van der Waals surface area contributed by atoms with Crippen LogP contribution in [-0.2, 0) is 6.54 Å². The maximum Gasteiger partial charge on any atom is 0.232 e. The van der Waals surface area contributed by atoms with Gasteiger partial charge in [-0.25, -0.2) is 4.98 Å². The highest BCUT2D eigenvalue weighted by molar-refractivity contribution is 9.10. The Morgan fingerprint density at radius 2 is 2.06 bits per heavy atom. The van der Waals surface area contributed by atoms with Crippen molar-refractivity contribution in [2.45, 2.75) is 6.54 Å². The molecule has 5 nitrogen and oxygen atoms in total. The van der Waals surface area contributed by atoms with Gasteiger partial charge in [0.05, 0.1) is 17.8 Å². The van der Waals surface area contributed by atoms with Gasteiger partial charge in [0.15, 0.2) is 0 Å². The second-order valence-electron chi connectivity index (χ2n) is 3.74. The van der Waals surface area contributed by atoms with E-state index >= 15 is 0 Å². The third-order valence-corrected chi connectivity index (χ3v) is 2.95. The first-order valence-corrected chi connectivity index (χ1v) is 6.16. The third kappa shape index (κ3) is 2.95. The summed E-state index contributed by atoms with van der Waals surface area (Å²) in [6, 6.07) is 3.93. The van der Waals surface area contributed by atoms with E-state index in [1.165, 1.54) is 0 Å². The van der Waals surface area contributed by atoms with E-state index < -0.39 is 0 Å². The summed E-state index contributed by atoms with van der Waals surface area (Å²) in [7, 11) is 3.52. The van der Waals surface area contributed by atoms with Gasteiger partial charge in [-0.15, -0.1) is 0 Å². The largest absolute Gasteiger partial charge is 0.480 e. The molecule has 2 aromatic heterocycles. The van der Waals surface area contributed by atoms with Crippen molar-refractivity contribution >= 4 is 21.9 Å². The molecule has 0 bridgehead atoms. The maximum absolute atomic E-state index is 5.15. The van der Waals surface area contributed by atoms with Gasteiger partial charge in [0.1, 0.15) is 0 Å². The zero-order valence-electron chi connectivity index (χ0n) is 10.2. The van der Waals surface area contributed by atoms with E-state index in [-0.39, 0.29) is 0 Å². The zero-order chi connectivity index (χ0) is 13.0. The van der Waals surface area contributed by atoms with Crippen LogP contribution in [0, 0.1) is 0 Å². The monoisotopic (exact) mass is 308 g/mol. The Kier molecular flexibility index (Phi) is 4.09. The van der Waals surface area contributed by atoms with Crippen LogP contribution in [0.4, 0.5) is 5.95 Å². The minimum absolute atomic E-state index is 0.529. The highest BCUT2D eigenvalue weighted by Gasteiger charge is 2.09. The number of anilines is 1. The molecule has 2 aromatic rings. The van der Waals surface area contributed by atoms with Crippen molar-refractivity contribution < 1.29 is 4.74 Å². The Hall–Kier alpha value is -1.69. The van der Waals surface area contributed by atoms with Gasteiger partial charge in [-0.3, -0.25) is 4.98 Å². The molecule has 0 fully saturated rings. The summed E-state index contributed by atoms with van der Waals surface area (Å²) in [6.45, 7) is 0.716. The van der Waals surface area contributed by atoms with Gasteiger partial charge < -0.3 is 9.64 Å². The highest BCUT2D eigenvalue weighted by atomic mass is 79.9. The average molecular weight is 309 g/mol. The number of pyridine rings is 1. The van der Waals surface area contributed by atoms with E-state index in [1.807, 2.05) is 24.1 Å². The molecule has 0 saturated heterocycles. The molecule has 0 unspecified atom stereocenters. The number of ether oxygens (including phenoxy) is 1. The van der Waals surface area contributed by atoms with Crippen LogP contribution in [0.3, 0.4) is 0 Å². The van der Waals surface area contributed by atoms with Crippen molar-refractivity contribution in [1.29, 1.82) is 0 Å². The number of nitrogens with zero attached hydrogens (tertiary/aromatic N) is 4. The number of halogens is 1. The molecule has 0 aliphatic carbocycles. The van der Waals surface area contributed by atoms with Crippen molar-refractivity contribution in [2.24, 2.45) is 0 Å². The number of hydrogen-bond acceptors (Lipinski definition) is 5. The lowest BCUT2D eigenvalue weighted by Crippen LogP contribution is -2.19. The Morgan fingerprint density at radius 3 is 2.72 bits per heavy atom. The van der Waals surface area contributed by atoms with E-state index in [1.54, 1.807) is 25.7 Å². The first kappa shape index (κ1) is 12.8. The fraction of sp³-hybridized carbons (Fsp3) is 0.250. The van der Waals surface area contributed by atoms with Crippen molar-refractivity contribution in [3.8, 4) is 5.88 Å². The molecule has 0 aromatic carbocycles. The lowest BCUT2D eigenvalue weighted by molar-refractivity contribution is 0.394. The Bertz CT molecular complexity index is 521. The molecule has 0 radical (unpaired) electrons. The molecular weight excluding hydrogens is 296 g/mol. The molecule has 0 amide bonds. The first-order chi connectivity index (χ1) is 8.70. The average Bonchev–Trinajstić information content (AvgIpc) is 2.40. The molecule has 0 aliphatic heterocycles. The summed E-state index contributed by atoms with van der Waals surface area (Å²) in [5, 5.41) is 0. The van der Waals surface area contributed by atoms with Crippen LogP contribution in [0.1, 0.15) is 5.56 Å². The van der Waals surface area contributed by atoms with Gasteiger partial charge >= 0.3 is 0 Å². The van der Waals surface area contributed by atoms with E-state index in [2.05, 4.69) is 30.9 Å². The molecule has 0 atom stereocenters. The summed E-state index contributed by atoms with van der Waals surface area (Å²) in [5.41, 5.74) is 1.15. The van der Waals surface area contributed by atoms with Crippen LogP contribution in [0.2, 0.25) is 0 Å².